The van der Waals surface area contributed by atoms with Crippen LogP contribution in [0.15, 0.2) is 42.5 Å². The summed E-state index contributed by atoms with van der Waals surface area (Å²) < 4.78 is 43.2. The smallest absolute Gasteiger partial charge is 0.387 e. The maximum absolute atomic E-state index is 14.2. The van der Waals surface area contributed by atoms with Crippen LogP contribution in [0.3, 0.4) is 0 Å². The molecule has 0 aliphatic carbocycles. The molecule has 0 bridgehead atoms. The van der Waals surface area contributed by atoms with Crippen LogP contribution < -0.4 is 15.0 Å². The van der Waals surface area contributed by atoms with Crippen LogP contribution in [0.25, 0.3) is 0 Å². The third kappa shape index (κ3) is 5.41. The van der Waals surface area contributed by atoms with Gasteiger partial charge >= 0.3 is 6.61 Å². The number of carbonyl (C=O) groups excluding carboxylic acids is 1. The van der Waals surface area contributed by atoms with E-state index in [1.54, 1.807) is 18.2 Å². The lowest BCUT2D eigenvalue weighted by molar-refractivity contribution is -0.121. The van der Waals surface area contributed by atoms with E-state index < -0.39 is 6.61 Å². The van der Waals surface area contributed by atoms with E-state index in [2.05, 4.69) is 10.1 Å². The zero-order chi connectivity index (χ0) is 20.1. The minimum absolute atomic E-state index is 0.0269. The van der Waals surface area contributed by atoms with Gasteiger partial charge in [0.25, 0.3) is 0 Å². The molecule has 150 valence electrons. The van der Waals surface area contributed by atoms with E-state index in [4.69, 9.17) is 0 Å². The van der Waals surface area contributed by atoms with E-state index in [0.717, 1.165) is 24.9 Å². The van der Waals surface area contributed by atoms with Gasteiger partial charge in [0.1, 0.15) is 11.6 Å². The molecular weight excluding hydrogens is 369 g/mol. The van der Waals surface area contributed by atoms with Crippen molar-refractivity contribution in [3.05, 3.63) is 59.4 Å². The first-order valence-corrected chi connectivity index (χ1v) is 9.25. The van der Waals surface area contributed by atoms with Gasteiger partial charge in [-0.2, -0.15) is 8.78 Å². The summed E-state index contributed by atoms with van der Waals surface area (Å²) >= 11 is 0. The second kappa shape index (κ2) is 8.99. The maximum atomic E-state index is 14.2. The van der Waals surface area contributed by atoms with Gasteiger partial charge in [-0.15, -0.1) is 0 Å². The first kappa shape index (κ1) is 20.0. The zero-order valence-corrected chi connectivity index (χ0v) is 15.6. The third-order valence-electron chi connectivity index (χ3n) is 4.72. The fourth-order valence-corrected chi connectivity index (χ4v) is 3.47. The molecule has 1 aliphatic heterocycles. The molecule has 1 fully saturated rings. The van der Waals surface area contributed by atoms with Crippen molar-refractivity contribution >= 4 is 11.6 Å². The van der Waals surface area contributed by atoms with E-state index in [1.807, 2.05) is 17.9 Å². The number of aryl methyl sites for hydroxylation is 1. The van der Waals surface area contributed by atoms with Crippen LogP contribution in [0.5, 0.6) is 5.75 Å². The fraction of sp³-hybridized carbons (Fsp3) is 0.381. The largest absolute Gasteiger partial charge is 0.435 e. The van der Waals surface area contributed by atoms with E-state index >= 15 is 0 Å². The van der Waals surface area contributed by atoms with Gasteiger partial charge in [0, 0.05) is 19.1 Å². The summed E-state index contributed by atoms with van der Waals surface area (Å²) in [7, 11) is 0. The Bertz CT molecular complexity index is 829. The molecule has 0 radical (unpaired) electrons. The molecule has 28 heavy (non-hydrogen) atoms. The van der Waals surface area contributed by atoms with Gasteiger partial charge in [-0.1, -0.05) is 18.2 Å². The Hall–Kier alpha value is -2.70. The van der Waals surface area contributed by atoms with Gasteiger partial charge in [-0.3, -0.25) is 4.79 Å². The Morgan fingerprint density at radius 1 is 1.29 bits per heavy atom. The van der Waals surface area contributed by atoms with Gasteiger partial charge < -0.3 is 15.0 Å². The minimum Gasteiger partial charge on any atom is -0.435 e. The molecule has 0 saturated carbocycles. The van der Waals surface area contributed by atoms with Crippen molar-refractivity contribution in [3.63, 3.8) is 0 Å². The van der Waals surface area contributed by atoms with Crippen LogP contribution in [0.4, 0.5) is 18.9 Å². The number of piperidine rings is 1. The molecule has 4 nitrogen and oxygen atoms in total. The monoisotopic (exact) mass is 392 g/mol. The standard InChI is InChI=1S/C21H23F3N2O2/c1-14-7-8-18(22)19(10-14)26-9-3-5-16(13-26)25-20(27)12-15-4-2-6-17(11-15)28-21(23)24/h2,4,6-8,10-11,16,21H,3,5,9,12-13H2,1H3,(H,25,27). The number of carbonyl (C=O) groups is 1. The molecule has 2 aromatic rings. The van der Waals surface area contributed by atoms with Crippen LogP contribution in [0.1, 0.15) is 24.0 Å². The number of halogens is 3. The van der Waals surface area contributed by atoms with E-state index in [0.29, 0.717) is 17.8 Å². The predicted molar refractivity (Wildman–Crippen MR) is 101 cm³/mol. The predicted octanol–water partition coefficient (Wildman–Crippen LogP) is 4.06. The highest BCUT2D eigenvalue weighted by atomic mass is 19.3. The topological polar surface area (TPSA) is 41.6 Å². The number of alkyl halides is 2. The first-order chi connectivity index (χ1) is 13.4. The van der Waals surface area contributed by atoms with E-state index in [1.165, 1.54) is 18.2 Å². The summed E-state index contributed by atoms with van der Waals surface area (Å²) in [5, 5.41) is 2.97. The SMILES string of the molecule is Cc1ccc(F)c(N2CCCC(NC(=O)Cc3cccc(OC(F)F)c3)C2)c1. The quantitative estimate of drug-likeness (QED) is 0.806. The van der Waals surface area contributed by atoms with Crippen LogP contribution >= 0.6 is 0 Å². The number of nitrogens with one attached hydrogen (secondary N) is 1. The van der Waals surface area contributed by atoms with Crippen molar-refractivity contribution in [1.29, 1.82) is 0 Å². The molecular formula is C21H23F3N2O2. The number of hydrogen-bond acceptors (Lipinski definition) is 3. The van der Waals surface area contributed by atoms with Gasteiger partial charge in [0.15, 0.2) is 0 Å². The molecule has 3 rings (SSSR count). The molecule has 2 aromatic carbocycles. The number of nitrogens with zero attached hydrogens (tertiary/aromatic N) is 1. The summed E-state index contributed by atoms with van der Waals surface area (Å²) in [5.74, 6) is -0.446. The fourth-order valence-electron chi connectivity index (χ4n) is 3.47. The molecule has 1 unspecified atom stereocenters. The summed E-state index contributed by atoms with van der Waals surface area (Å²) in [5.41, 5.74) is 2.12. The molecule has 1 atom stereocenters. The number of ether oxygens (including phenoxy) is 1. The third-order valence-corrected chi connectivity index (χ3v) is 4.72. The highest BCUT2D eigenvalue weighted by molar-refractivity contribution is 5.79. The molecule has 7 heteroatoms. The Kier molecular flexibility index (Phi) is 6.44. The molecule has 1 N–H and O–H groups in total. The van der Waals surface area contributed by atoms with E-state index in [-0.39, 0.29) is 29.9 Å². The Morgan fingerprint density at radius 3 is 2.89 bits per heavy atom. The number of anilines is 1. The Morgan fingerprint density at radius 2 is 2.11 bits per heavy atom. The van der Waals surface area contributed by atoms with Crippen molar-refractivity contribution in [3.8, 4) is 5.75 Å². The lowest BCUT2D eigenvalue weighted by atomic mass is 10.0. The average Bonchev–Trinajstić information content (AvgIpc) is 2.63. The number of amides is 1. The van der Waals surface area contributed by atoms with Crippen molar-refractivity contribution in [2.24, 2.45) is 0 Å². The summed E-state index contributed by atoms with van der Waals surface area (Å²) in [4.78, 5) is 14.3. The number of benzene rings is 2. The number of hydrogen-bond donors (Lipinski definition) is 1. The van der Waals surface area contributed by atoms with Crippen molar-refractivity contribution < 1.29 is 22.7 Å². The molecule has 1 saturated heterocycles. The van der Waals surface area contributed by atoms with E-state index in [9.17, 15) is 18.0 Å². The summed E-state index contributed by atoms with van der Waals surface area (Å²) in [6.45, 7) is 0.276. The highest BCUT2D eigenvalue weighted by Crippen LogP contribution is 2.24. The minimum atomic E-state index is -2.90. The molecule has 1 heterocycles. The van der Waals surface area contributed by atoms with Crippen LogP contribution in [0, 0.1) is 12.7 Å². The van der Waals surface area contributed by atoms with Crippen LogP contribution in [-0.2, 0) is 11.2 Å². The molecule has 0 spiro atoms. The van der Waals surface area contributed by atoms with Crippen molar-refractivity contribution in [1.82, 2.24) is 5.32 Å². The first-order valence-electron chi connectivity index (χ1n) is 9.25. The van der Waals surface area contributed by atoms with Gasteiger partial charge in [-0.05, 0) is 55.2 Å². The Labute approximate surface area is 162 Å². The van der Waals surface area contributed by atoms with Gasteiger partial charge in [-0.25, -0.2) is 4.39 Å². The van der Waals surface area contributed by atoms with Gasteiger partial charge in [0.05, 0.1) is 12.1 Å². The highest BCUT2D eigenvalue weighted by Gasteiger charge is 2.23. The summed E-state index contributed by atoms with van der Waals surface area (Å²) in [6, 6.07) is 11.0. The molecule has 1 aliphatic rings. The van der Waals surface area contributed by atoms with Crippen LogP contribution in [-0.4, -0.2) is 31.7 Å². The zero-order valence-electron chi connectivity index (χ0n) is 15.6. The van der Waals surface area contributed by atoms with Crippen molar-refractivity contribution in [2.75, 3.05) is 18.0 Å². The maximum Gasteiger partial charge on any atom is 0.387 e. The lowest BCUT2D eigenvalue weighted by Crippen LogP contribution is -2.48. The summed E-state index contributed by atoms with van der Waals surface area (Å²) in [6.07, 6.45) is 1.72. The molecule has 0 aromatic heterocycles. The Balaban J connectivity index is 1.59. The second-order valence-electron chi connectivity index (χ2n) is 7.01. The molecule has 1 amide bonds. The average molecular weight is 392 g/mol. The van der Waals surface area contributed by atoms with Crippen LogP contribution in [0.2, 0.25) is 0 Å². The normalized spacial score (nSPS) is 16.9. The second-order valence-corrected chi connectivity index (χ2v) is 7.01. The van der Waals surface area contributed by atoms with Gasteiger partial charge in [0.2, 0.25) is 5.91 Å². The van der Waals surface area contributed by atoms with Crippen molar-refractivity contribution in [2.45, 2.75) is 38.8 Å². The number of rotatable bonds is 6. The lowest BCUT2D eigenvalue weighted by Gasteiger charge is -2.35.